The molecule has 0 fully saturated rings. The van der Waals surface area contributed by atoms with Crippen LogP contribution in [-0.2, 0) is 0 Å². The van der Waals surface area contributed by atoms with Gasteiger partial charge in [0.15, 0.2) is 5.78 Å². The quantitative estimate of drug-likeness (QED) is 0.597. The monoisotopic (exact) mass is 271 g/mol. The van der Waals surface area contributed by atoms with Crippen LogP contribution in [0.1, 0.15) is 50.9 Å². The number of carbonyl (C=O) groups is 1. The molecule has 1 aliphatic heterocycles. The molecule has 108 valence electrons. The maximum absolute atomic E-state index is 12.1. The number of hydrogen-bond acceptors (Lipinski definition) is 2. The zero-order valence-corrected chi connectivity index (χ0v) is 13.1. The van der Waals surface area contributed by atoms with E-state index in [4.69, 9.17) is 0 Å². The molecule has 0 unspecified atom stereocenters. The van der Waals surface area contributed by atoms with E-state index in [1.165, 1.54) is 5.57 Å². The number of anilines is 1. The summed E-state index contributed by atoms with van der Waals surface area (Å²) in [5.41, 5.74) is 3.73. The van der Waals surface area contributed by atoms with Crippen molar-refractivity contribution in [2.45, 2.75) is 40.5 Å². The van der Waals surface area contributed by atoms with Crippen molar-refractivity contribution < 1.29 is 4.79 Å². The van der Waals surface area contributed by atoms with Gasteiger partial charge >= 0.3 is 0 Å². The Morgan fingerprint density at radius 1 is 1.25 bits per heavy atom. The van der Waals surface area contributed by atoms with Crippen molar-refractivity contribution in [1.29, 1.82) is 0 Å². The lowest BCUT2D eigenvalue weighted by atomic mass is 9.83. The van der Waals surface area contributed by atoms with Crippen LogP contribution < -0.4 is 4.90 Å². The Balaban J connectivity index is 2.23. The number of benzene rings is 1. The average molecular weight is 271 g/mol. The number of ketones is 1. The molecule has 2 rings (SSSR count). The van der Waals surface area contributed by atoms with Crippen molar-refractivity contribution in [3.8, 4) is 0 Å². The summed E-state index contributed by atoms with van der Waals surface area (Å²) in [4.78, 5) is 14.4. The van der Waals surface area contributed by atoms with E-state index < -0.39 is 0 Å². The summed E-state index contributed by atoms with van der Waals surface area (Å²) < 4.78 is 0. The van der Waals surface area contributed by atoms with Gasteiger partial charge in [0.1, 0.15) is 0 Å². The molecule has 2 heteroatoms. The summed E-state index contributed by atoms with van der Waals surface area (Å²) in [6, 6.07) is 7.99. The number of rotatable bonds is 3. The number of carbonyl (C=O) groups excluding carboxylic acids is 1. The van der Waals surface area contributed by atoms with E-state index >= 15 is 0 Å². The summed E-state index contributed by atoms with van der Waals surface area (Å²) >= 11 is 0. The highest BCUT2D eigenvalue weighted by Gasteiger charge is 2.23. The minimum Gasteiger partial charge on any atom is -0.367 e. The van der Waals surface area contributed by atoms with E-state index in [1.54, 1.807) is 0 Å². The molecule has 0 bridgehead atoms. The van der Waals surface area contributed by atoms with Gasteiger partial charge in [-0.15, -0.1) is 0 Å². The molecule has 0 spiro atoms. The van der Waals surface area contributed by atoms with E-state index in [0.717, 1.165) is 30.8 Å². The maximum Gasteiger partial charge on any atom is 0.164 e. The maximum atomic E-state index is 12.1. The molecule has 0 aliphatic carbocycles. The molecule has 0 atom stereocenters. The van der Waals surface area contributed by atoms with Gasteiger partial charge in [-0.1, -0.05) is 51.5 Å². The van der Waals surface area contributed by atoms with Crippen molar-refractivity contribution in [3.63, 3.8) is 0 Å². The molecule has 0 amide bonds. The molecule has 2 nitrogen and oxygen atoms in total. The second kappa shape index (κ2) is 5.82. The van der Waals surface area contributed by atoms with Crippen LogP contribution in [-0.4, -0.2) is 18.9 Å². The fourth-order valence-corrected chi connectivity index (χ4v) is 2.74. The van der Waals surface area contributed by atoms with Crippen LogP contribution in [0.3, 0.4) is 0 Å². The Labute approximate surface area is 122 Å². The summed E-state index contributed by atoms with van der Waals surface area (Å²) in [6.07, 6.45) is 3.97. The zero-order chi connectivity index (χ0) is 14.8. The van der Waals surface area contributed by atoms with E-state index in [1.807, 2.05) is 25.1 Å². The van der Waals surface area contributed by atoms with E-state index in [-0.39, 0.29) is 11.2 Å². The predicted octanol–water partition coefficient (Wildman–Crippen LogP) is 4.46. The smallest absolute Gasteiger partial charge is 0.164 e. The molecule has 1 aromatic carbocycles. The van der Waals surface area contributed by atoms with E-state index in [9.17, 15) is 4.79 Å². The first-order valence-corrected chi connectivity index (χ1v) is 7.50. The van der Waals surface area contributed by atoms with Crippen LogP contribution in [0.25, 0.3) is 0 Å². The molecule has 0 radical (unpaired) electrons. The number of nitrogens with zero attached hydrogens (tertiary/aromatic N) is 1. The van der Waals surface area contributed by atoms with Crippen molar-refractivity contribution in [1.82, 2.24) is 0 Å². The van der Waals surface area contributed by atoms with Crippen molar-refractivity contribution in [3.05, 3.63) is 41.5 Å². The first-order valence-electron chi connectivity index (χ1n) is 7.50. The Bertz CT molecular complexity index is 522. The van der Waals surface area contributed by atoms with Crippen molar-refractivity contribution in [2.75, 3.05) is 18.0 Å². The van der Waals surface area contributed by atoms with Crippen molar-refractivity contribution in [2.24, 2.45) is 5.41 Å². The lowest BCUT2D eigenvalue weighted by Crippen LogP contribution is -2.32. The van der Waals surface area contributed by atoms with Gasteiger partial charge in [0, 0.05) is 30.8 Å². The number of Topliss-reactive ketones (excluding diaryl/α,β-unsaturated/α-hetero) is 1. The molecular weight excluding hydrogens is 246 g/mol. The zero-order valence-electron chi connectivity index (χ0n) is 13.1. The summed E-state index contributed by atoms with van der Waals surface area (Å²) in [6.45, 7) is 10.6. The third-order valence-electron chi connectivity index (χ3n) is 4.04. The molecular formula is C18H25NO. The normalized spacial score (nSPS) is 16.0. The SMILES string of the molecule is CCC(=O)c1ccccc1N1CC=C(C(C)(C)C)CC1. The summed E-state index contributed by atoms with van der Waals surface area (Å²) in [5, 5.41) is 0. The first kappa shape index (κ1) is 14.8. The summed E-state index contributed by atoms with van der Waals surface area (Å²) in [5.74, 6) is 0.228. The van der Waals surface area contributed by atoms with Crippen LogP contribution >= 0.6 is 0 Å². The third kappa shape index (κ3) is 3.12. The minimum absolute atomic E-state index is 0.228. The van der Waals surface area contributed by atoms with Crippen LogP contribution in [0, 0.1) is 5.41 Å². The average Bonchev–Trinajstić information content (AvgIpc) is 2.45. The van der Waals surface area contributed by atoms with Gasteiger partial charge in [-0.2, -0.15) is 0 Å². The highest BCUT2D eigenvalue weighted by atomic mass is 16.1. The molecule has 0 N–H and O–H groups in total. The fourth-order valence-electron chi connectivity index (χ4n) is 2.74. The predicted molar refractivity (Wildman–Crippen MR) is 85.4 cm³/mol. The van der Waals surface area contributed by atoms with Crippen LogP contribution in [0.15, 0.2) is 35.9 Å². The lowest BCUT2D eigenvalue weighted by molar-refractivity contribution is 0.0988. The Morgan fingerprint density at radius 2 is 1.95 bits per heavy atom. The van der Waals surface area contributed by atoms with Crippen LogP contribution in [0.5, 0.6) is 0 Å². The number of hydrogen-bond donors (Lipinski definition) is 0. The second-order valence-electron chi connectivity index (χ2n) is 6.47. The van der Waals surface area contributed by atoms with E-state index in [0.29, 0.717) is 6.42 Å². The lowest BCUT2D eigenvalue weighted by Gasteiger charge is -2.34. The van der Waals surface area contributed by atoms with Gasteiger partial charge in [0.25, 0.3) is 0 Å². The third-order valence-corrected chi connectivity index (χ3v) is 4.04. The molecule has 1 heterocycles. The Kier molecular flexibility index (Phi) is 4.32. The van der Waals surface area contributed by atoms with Gasteiger partial charge < -0.3 is 4.90 Å². The molecule has 1 aromatic rings. The topological polar surface area (TPSA) is 20.3 Å². The van der Waals surface area contributed by atoms with Gasteiger partial charge in [-0.05, 0) is 24.0 Å². The molecule has 0 saturated heterocycles. The van der Waals surface area contributed by atoms with Gasteiger partial charge in [-0.3, -0.25) is 4.79 Å². The number of para-hydroxylation sites is 1. The highest BCUT2D eigenvalue weighted by molar-refractivity contribution is 6.01. The first-order chi connectivity index (χ1) is 9.43. The Hall–Kier alpha value is -1.57. The minimum atomic E-state index is 0.228. The van der Waals surface area contributed by atoms with Gasteiger partial charge in [-0.25, -0.2) is 0 Å². The molecule has 0 aromatic heterocycles. The van der Waals surface area contributed by atoms with Crippen LogP contribution in [0.2, 0.25) is 0 Å². The van der Waals surface area contributed by atoms with Crippen LogP contribution in [0.4, 0.5) is 5.69 Å². The highest BCUT2D eigenvalue weighted by Crippen LogP contribution is 2.32. The molecule has 1 aliphatic rings. The molecule has 0 saturated carbocycles. The standard InChI is InChI=1S/C18H25NO/c1-5-17(20)15-8-6-7-9-16(15)19-12-10-14(11-13-19)18(2,3)4/h6-10H,5,11-13H2,1-4H3. The van der Waals surface area contributed by atoms with E-state index in [2.05, 4.69) is 37.8 Å². The van der Waals surface area contributed by atoms with Gasteiger partial charge in [0.2, 0.25) is 0 Å². The summed E-state index contributed by atoms with van der Waals surface area (Å²) in [7, 11) is 0. The fraction of sp³-hybridized carbons (Fsp3) is 0.500. The van der Waals surface area contributed by atoms with Gasteiger partial charge in [0.05, 0.1) is 0 Å². The second-order valence-corrected chi connectivity index (χ2v) is 6.47. The largest absolute Gasteiger partial charge is 0.367 e. The molecule has 20 heavy (non-hydrogen) atoms. The van der Waals surface area contributed by atoms with Crippen molar-refractivity contribution >= 4 is 11.5 Å². The Morgan fingerprint density at radius 3 is 2.50 bits per heavy atom.